The highest BCUT2D eigenvalue weighted by Crippen LogP contribution is 2.28. The Labute approximate surface area is 143 Å². The summed E-state index contributed by atoms with van der Waals surface area (Å²) in [5.74, 6) is 0.719. The smallest absolute Gasteiger partial charge is 0.251 e. The molecule has 0 bridgehead atoms. The number of aromatic nitrogens is 1. The van der Waals surface area contributed by atoms with Gasteiger partial charge in [-0.2, -0.15) is 0 Å². The first kappa shape index (κ1) is 17.0. The zero-order valence-electron chi connectivity index (χ0n) is 14.9. The second-order valence-electron chi connectivity index (χ2n) is 7.37. The monoisotopic (exact) mass is 329 g/mol. The molecule has 24 heavy (non-hydrogen) atoms. The average Bonchev–Trinajstić information content (AvgIpc) is 3.13. The van der Waals surface area contributed by atoms with Gasteiger partial charge in [-0.25, -0.2) is 4.98 Å². The molecular weight excluding hydrogens is 302 g/mol. The summed E-state index contributed by atoms with van der Waals surface area (Å²) >= 11 is 0. The Balaban J connectivity index is 1.66. The predicted octanol–water partition coefficient (Wildman–Crippen LogP) is 3.24. The third-order valence-corrected chi connectivity index (χ3v) is 4.86. The molecule has 5 heteroatoms. The van der Waals surface area contributed by atoms with E-state index >= 15 is 0 Å². The van der Waals surface area contributed by atoms with Crippen molar-refractivity contribution in [1.29, 1.82) is 0 Å². The molecule has 0 aliphatic carbocycles. The Bertz CT molecular complexity index is 724. The topological polar surface area (TPSA) is 58.4 Å². The van der Waals surface area contributed by atoms with E-state index in [1.165, 1.54) is 0 Å². The first-order chi connectivity index (χ1) is 11.5. The Morgan fingerprint density at radius 2 is 2.29 bits per heavy atom. The van der Waals surface area contributed by atoms with Crippen molar-refractivity contribution < 1.29 is 9.21 Å². The van der Waals surface area contributed by atoms with Gasteiger partial charge in [0.05, 0.1) is 0 Å². The van der Waals surface area contributed by atoms with Crippen molar-refractivity contribution in [2.75, 3.05) is 26.7 Å². The van der Waals surface area contributed by atoms with Gasteiger partial charge < -0.3 is 14.6 Å². The molecule has 1 aliphatic rings. The molecule has 1 atom stereocenters. The summed E-state index contributed by atoms with van der Waals surface area (Å²) in [6, 6.07) is 5.49. The van der Waals surface area contributed by atoms with Crippen LogP contribution in [-0.2, 0) is 6.42 Å². The molecule has 0 radical (unpaired) electrons. The van der Waals surface area contributed by atoms with Gasteiger partial charge >= 0.3 is 0 Å². The number of oxazole rings is 1. The Kier molecular flexibility index (Phi) is 4.90. The molecule has 1 fully saturated rings. The van der Waals surface area contributed by atoms with Crippen molar-refractivity contribution >= 4 is 17.0 Å². The fourth-order valence-corrected chi connectivity index (χ4v) is 3.36. The van der Waals surface area contributed by atoms with Crippen molar-refractivity contribution in [3.8, 4) is 0 Å². The number of nitrogens with zero attached hydrogens (tertiary/aromatic N) is 2. The lowest BCUT2D eigenvalue weighted by atomic mass is 9.90. The largest absolute Gasteiger partial charge is 0.441 e. The van der Waals surface area contributed by atoms with Gasteiger partial charge in [-0.1, -0.05) is 20.3 Å². The number of hydrogen-bond donors (Lipinski definition) is 1. The van der Waals surface area contributed by atoms with Crippen molar-refractivity contribution in [2.24, 2.45) is 5.41 Å². The highest BCUT2D eigenvalue weighted by atomic mass is 16.3. The number of amides is 1. The summed E-state index contributed by atoms with van der Waals surface area (Å²) in [4.78, 5) is 19.3. The fraction of sp³-hybridized carbons (Fsp3) is 0.579. The summed E-state index contributed by atoms with van der Waals surface area (Å²) < 4.78 is 5.73. The summed E-state index contributed by atoms with van der Waals surface area (Å²) in [5.41, 5.74) is 2.32. The highest BCUT2D eigenvalue weighted by molar-refractivity contribution is 5.97. The van der Waals surface area contributed by atoms with E-state index in [0.29, 0.717) is 12.1 Å². The Morgan fingerprint density at radius 3 is 3.00 bits per heavy atom. The van der Waals surface area contributed by atoms with Crippen LogP contribution >= 0.6 is 0 Å². The molecule has 2 heterocycles. The van der Waals surface area contributed by atoms with Crippen LogP contribution in [0.4, 0.5) is 0 Å². The van der Waals surface area contributed by atoms with Gasteiger partial charge in [-0.05, 0) is 50.0 Å². The SMILES string of the molecule is CCCCc1nc2cc(C(=O)NC[C@@]3(C)CCN(C)C3)ccc2o1. The first-order valence-corrected chi connectivity index (χ1v) is 8.85. The molecule has 3 rings (SSSR count). The molecule has 0 unspecified atom stereocenters. The minimum atomic E-state index is -0.0363. The molecule has 130 valence electrons. The number of likely N-dealkylation sites (tertiary alicyclic amines) is 1. The molecular formula is C19H27N3O2. The molecule has 0 saturated carbocycles. The van der Waals surface area contributed by atoms with Crippen LogP contribution in [0.3, 0.4) is 0 Å². The second-order valence-corrected chi connectivity index (χ2v) is 7.37. The predicted molar refractivity (Wildman–Crippen MR) is 95.2 cm³/mol. The maximum Gasteiger partial charge on any atom is 0.251 e. The average molecular weight is 329 g/mol. The van der Waals surface area contributed by atoms with Crippen LogP contribution in [0.5, 0.6) is 0 Å². The van der Waals surface area contributed by atoms with Gasteiger partial charge in [0, 0.05) is 25.1 Å². The van der Waals surface area contributed by atoms with E-state index in [9.17, 15) is 4.79 Å². The third kappa shape index (κ3) is 3.78. The Hall–Kier alpha value is -1.88. The third-order valence-electron chi connectivity index (χ3n) is 4.86. The van der Waals surface area contributed by atoms with Gasteiger partial charge in [-0.15, -0.1) is 0 Å². The van der Waals surface area contributed by atoms with Crippen LogP contribution in [-0.4, -0.2) is 42.5 Å². The van der Waals surface area contributed by atoms with Crippen molar-refractivity contribution in [2.45, 2.75) is 39.5 Å². The minimum absolute atomic E-state index is 0.0363. The van der Waals surface area contributed by atoms with Crippen molar-refractivity contribution in [3.05, 3.63) is 29.7 Å². The molecule has 1 saturated heterocycles. The zero-order valence-corrected chi connectivity index (χ0v) is 14.9. The zero-order chi connectivity index (χ0) is 17.2. The van der Waals surface area contributed by atoms with Crippen LogP contribution in [0.1, 0.15) is 49.4 Å². The number of carbonyl (C=O) groups is 1. The van der Waals surface area contributed by atoms with E-state index in [-0.39, 0.29) is 11.3 Å². The first-order valence-electron chi connectivity index (χ1n) is 8.85. The maximum atomic E-state index is 12.5. The molecule has 1 N–H and O–H groups in total. The van der Waals surface area contributed by atoms with Crippen molar-refractivity contribution in [3.63, 3.8) is 0 Å². The van der Waals surface area contributed by atoms with E-state index in [1.54, 1.807) is 0 Å². The standard InChI is InChI=1S/C19H27N3O2/c1-4-5-6-17-21-15-11-14(7-8-16(15)24-17)18(23)20-12-19(2)9-10-22(3)13-19/h7-8,11H,4-6,9-10,12-13H2,1-3H3,(H,20,23)/t19-/m1/s1. The summed E-state index contributed by atoms with van der Waals surface area (Å²) in [7, 11) is 2.13. The molecule has 1 aromatic heterocycles. The quantitative estimate of drug-likeness (QED) is 0.884. The normalized spacial score (nSPS) is 21.5. The van der Waals surface area contributed by atoms with Crippen LogP contribution in [0.2, 0.25) is 0 Å². The van der Waals surface area contributed by atoms with Gasteiger partial charge in [0.1, 0.15) is 5.52 Å². The van der Waals surface area contributed by atoms with E-state index < -0.39 is 0 Å². The molecule has 5 nitrogen and oxygen atoms in total. The summed E-state index contributed by atoms with van der Waals surface area (Å²) in [5, 5.41) is 3.08. The number of benzene rings is 1. The van der Waals surface area contributed by atoms with Gasteiger partial charge in [0.25, 0.3) is 5.91 Å². The minimum Gasteiger partial charge on any atom is -0.441 e. The van der Waals surface area contributed by atoms with Gasteiger partial charge in [-0.3, -0.25) is 4.79 Å². The fourth-order valence-electron chi connectivity index (χ4n) is 3.36. The molecule has 1 aromatic carbocycles. The number of unbranched alkanes of at least 4 members (excludes halogenated alkanes) is 1. The second kappa shape index (κ2) is 6.93. The number of aryl methyl sites for hydroxylation is 1. The highest BCUT2D eigenvalue weighted by Gasteiger charge is 2.32. The van der Waals surface area contributed by atoms with E-state index in [2.05, 4.69) is 36.1 Å². The van der Waals surface area contributed by atoms with E-state index in [1.807, 2.05) is 18.2 Å². The van der Waals surface area contributed by atoms with Gasteiger partial charge in [0.15, 0.2) is 11.5 Å². The molecule has 2 aromatic rings. The lowest BCUT2D eigenvalue weighted by Crippen LogP contribution is -2.37. The Morgan fingerprint density at radius 1 is 1.46 bits per heavy atom. The van der Waals surface area contributed by atoms with Crippen LogP contribution in [0.25, 0.3) is 11.1 Å². The van der Waals surface area contributed by atoms with Crippen LogP contribution in [0.15, 0.2) is 22.6 Å². The molecule has 1 amide bonds. The lowest BCUT2D eigenvalue weighted by molar-refractivity contribution is 0.0935. The molecule has 0 spiro atoms. The molecule has 1 aliphatic heterocycles. The lowest BCUT2D eigenvalue weighted by Gasteiger charge is -2.24. The maximum absolute atomic E-state index is 12.5. The number of hydrogen-bond acceptors (Lipinski definition) is 4. The number of carbonyl (C=O) groups excluding carboxylic acids is 1. The number of nitrogens with one attached hydrogen (secondary N) is 1. The number of rotatable bonds is 6. The van der Waals surface area contributed by atoms with Gasteiger partial charge in [0.2, 0.25) is 0 Å². The van der Waals surface area contributed by atoms with E-state index in [4.69, 9.17) is 4.42 Å². The summed E-state index contributed by atoms with van der Waals surface area (Å²) in [6.07, 6.45) is 4.14. The van der Waals surface area contributed by atoms with E-state index in [0.717, 1.165) is 55.8 Å². The number of fused-ring (bicyclic) bond motifs is 1. The van der Waals surface area contributed by atoms with Crippen molar-refractivity contribution in [1.82, 2.24) is 15.2 Å². The van der Waals surface area contributed by atoms with Crippen LogP contribution in [0, 0.1) is 5.41 Å². The summed E-state index contributed by atoms with van der Waals surface area (Å²) in [6.45, 7) is 7.20. The van der Waals surface area contributed by atoms with Crippen LogP contribution < -0.4 is 5.32 Å².